The Hall–Kier alpha value is -3.45. The topological polar surface area (TPSA) is 69.2 Å². The van der Waals surface area contributed by atoms with Gasteiger partial charge in [-0.15, -0.1) is 0 Å². The molecular formula is C42H48BO3P3. The Morgan fingerprint density at radius 2 is 0.367 bits per heavy atom. The van der Waals surface area contributed by atoms with Gasteiger partial charge in [0.05, 0.1) is 93.6 Å². The Bertz CT molecular complexity index is 1400. The molecule has 0 aliphatic carbocycles. The Morgan fingerprint density at radius 3 is 0.469 bits per heavy atom. The van der Waals surface area contributed by atoms with Gasteiger partial charge in [-0.3, -0.25) is 7.32 Å². The Kier molecular flexibility index (Phi) is 16.1. The smallest absolute Gasteiger partial charge is 0.0985 e. The van der Waals surface area contributed by atoms with Crippen molar-refractivity contribution >= 4 is 60.9 Å². The van der Waals surface area contributed by atoms with E-state index in [4.69, 9.17) is 15.1 Å². The van der Waals surface area contributed by atoms with Gasteiger partial charge < -0.3 is 15.1 Å². The van der Waals surface area contributed by atoms with Crippen LogP contribution in [0.5, 0.6) is 0 Å². The molecule has 0 aromatic heterocycles. The second kappa shape index (κ2) is 19.7. The third kappa shape index (κ3) is 12.4. The fourth-order valence-electron chi connectivity index (χ4n) is 5.25. The average molecular weight is 705 g/mol. The number of rotatable bonds is 6. The van der Waals surface area contributed by atoms with Gasteiger partial charge >= 0.3 is 0 Å². The molecule has 0 amide bonds. The normalized spacial score (nSPS) is 11.0. The summed E-state index contributed by atoms with van der Waals surface area (Å²) < 4.78 is 0. The van der Waals surface area contributed by atoms with Crippen molar-refractivity contribution in [2.24, 2.45) is 0 Å². The van der Waals surface area contributed by atoms with Crippen LogP contribution in [0.15, 0.2) is 182 Å². The van der Waals surface area contributed by atoms with Gasteiger partial charge in [0.2, 0.25) is 0 Å². The molecular weight excluding hydrogens is 656 g/mol. The molecule has 252 valence electrons. The van der Waals surface area contributed by atoms with Crippen molar-refractivity contribution in [1.29, 1.82) is 0 Å². The van der Waals surface area contributed by atoms with Crippen molar-refractivity contribution in [3.8, 4) is 0 Å². The molecule has 0 unspecified atom stereocenters. The lowest BCUT2D eigenvalue weighted by Crippen LogP contribution is -2.56. The summed E-state index contributed by atoms with van der Waals surface area (Å²) in [5.41, 5.74) is 0. The summed E-state index contributed by atoms with van der Waals surface area (Å²) in [5.74, 6) is 0. The summed E-state index contributed by atoms with van der Waals surface area (Å²) in [6.45, 7) is 14.2. The highest BCUT2D eigenvalue weighted by Gasteiger charge is 2.32. The predicted molar refractivity (Wildman–Crippen MR) is 219 cm³/mol. The van der Waals surface area contributed by atoms with E-state index in [-0.39, 0.29) is 0 Å². The predicted octanol–water partition coefficient (Wildman–Crippen LogP) is 4.80. The zero-order valence-corrected chi connectivity index (χ0v) is 32.1. The van der Waals surface area contributed by atoms with E-state index in [2.05, 4.69) is 222 Å². The number of hydrogen-bond acceptors (Lipinski definition) is 3. The molecule has 0 bridgehead atoms. The van der Waals surface area contributed by atoms with E-state index in [0.29, 0.717) is 0 Å². The highest BCUT2D eigenvalue weighted by atomic mass is 31.2. The maximum Gasteiger partial charge on any atom is 0.0985 e. The first kappa shape index (κ1) is 40.0. The largest absolute Gasteiger partial charge is 0.907 e. The van der Waals surface area contributed by atoms with Crippen LogP contribution in [0.3, 0.4) is 0 Å². The highest BCUT2D eigenvalue weighted by molar-refractivity contribution is 7.89. The van der Waals surface area contributed by atoms with E-state index in [1.54, 1.807) is 0 Å². The molecule has 0 aliphatic heterocycles. The minimum absolute atomic E-state index is 1.15. The molecule has 0 spiro atoms. The first-order valence-corrected chi connectivity index (χ1v) is 24.2. The van der Waals surface area contributed by atoms with E-state index in [1.807, 2.05) is 0 Å². The van der Waals surface area contributed by atoms with E-state index in [0.717, 1.165) is 0 Å². The van der Waals surface area contributed by atoms with Crippen molar-refractivity contribution in [1.82, 2.24) is 0 Å². The van der Waals surface area contributed by atoms with Crippen LogP contribution >= 0.6 is 21.8 Å². The quantitative estimate of drug-likeness (QED) is 0.185. The summed E-state index contributed by atoms with van der Waals surface area (Å²) >= 11 is 0. The molecule has 3 nitrogen and oxygen atoms in total. The fourth-order valence-corrected chi connectivity index (χ4v) is 11.7. The van der Waals surface area contributed by atoms with Crippen molar-refractivity contribution in [3.63, 3.8) is 0 Å². The van der Waals surface area contributed by atoms with Crippen LogP contribution < -0.4 is 46.9 Å². The first-order chi connectivity index (χ1) is 23.4. The molecule has 0 saturated carbocycles. The van der Waals surface area contributed by atoms with Crippen LogP contribution in [0.1, 0.15) is 0 Å². The molecule has 0 heterocycles. The van der Waals surface area contributed by atoms with Crippen LogP contribution in [-0.4, -0.2) is 47.3 Å². The molecule has 6 aromatic rings. The van der Waals surface area contributed by atoms with Gasteiger partial charge in [-0.25, -0.2) is 0 Å². The third-order valence-electron chi connectivity index (χ3n) is 8.41. The molecule has 0 fully saturated rings. The summed E-state index contributed by atoms with van der Waals surface area (Å²) in [4.78, 5) is 0. The molecule has 0 aliphatic rings. The summed E-state index contributed by atoms with van der Waals surface area (Å²) in [7, 11) is -6.36. The van der Waals surface area contributed by atoms with Gasteiger partial charge in [0, 0.05) is 0 Å². The zero-order valence-electron chi connectivity index (χ0n) is 29.5. The maximum atomic E-state index is 8.42. The van der Waals surface area contributed by atoms with Gasteiger partial charge in [0.1, 0.15) is 0 Å². The Labute approximate surface area is 296 Å². The Morgan fingerprint density at radius 1 is 0.265 bits per heavy atom. The van der Waals surface area contributed by atoms with Gasteiger partial charge in [0.15, 0.2) is 0 Å². The second-order valence-electron chi connectivity index (χ2n) is 12.7. The lowest BCUT2D eigenvalue weighted by Gasteiger charge is -2.35. The molecule has 6 aromatic carbocycles. The molecule has 7 heteroatoms. The van der Waals surface area contributed by atoms with Crippen LogP contribution in [-0.2, 0) is 0 Å². The maximum absolute atomic E-state index is 8.42. The summed E-state index contributed by atoms with van der Waals surface area (Å²) in [5, 5.41) is 34.1. The van der Waals surface area contributed by atoms with Gasteiger partial charge in [0.25, 0.3) is 0 Å². The lowest BCUT2D eigenvalue weighted by atomic mass is 10.3. The van der Waals surface area contributed by atoms with Crippen LogP contribution in [0.2, 0.25) is 0 Å². The average Bonchev–Trinajstić information content (AvgIpc) is 3.14. The first-order valence-electron chi connectivity index (χ1n) is 16.2. The van der Waals surface area contributed by atoms with E-state index < -0.39 is 29.1 Å². The molecule has 0 N–H and O–H groups in total. The summed E-state index contributed by atoms with van der Waals surface area (Å²) in [6.07, 6.45) is 0. The minimum Gasteiger partial charge on any atom is -0.907 e. The number of hydrogen-bond donors (Lipinski definition) is 0. The van der Waals surface area contributed by atoms with Gasteiger partial charge in [-0.05, 0) is 72.8 Å². The van der Waals surface area contributed by atoms with E-state index >= 15 is 0 Å². The molecule has 49 heavy (non-hydrogen) atoms. The highest BCUT2D eigenvalue weighted by Crippen LogP contribution is 2.49. The molecule has 0 radical (unpaired) electrons. The van der Waals surface area contributed by atoms with E-state index in [9.17, 15) is 0 Å². The minimum atomic E-state index is -2.92. The lowest BCUT2D eigenvalue weighted by molar-refractivity contribution is -0.479. The zero-order chi connectivity index (χ0) is 35.8. The fraction of sp³-hybridized carbons (Fsp3) is 0.143. The Balaban J connectivity index is 0.000000188. The van der Waals surface area contributed by atoms with Gasteiger partial charge in [-0.1, -0.05) is 109 Å². The van der Waals surface area contributed by atoms with Crippen LogP contribution in [0, 0.1) is 0 Å². The third-order valence-corrected chi connectivity index (χ3v) is 17.9. The molecule has 6 rings (SSSR count). The SMILES string of the molecule is C[P+](C)(c1ccccc1)c1ccccc1.C[P+](C)(c1ccccc1)c1ccccc1.C[P+](C)(c1ccccc1)c1ccccc1.[O-]B([O-])[O-]. The molecule has 0 saturated heterocycles. The van der Waals surface area contributed by atoms with Crippen molar-refractivity contribution < 1.29 is 15.1 Å². The van der Waals surface area contributed by atoms with Crippen molar-refractivity contribution in [2.75, 3.05) is 40.0 Å². The standard InChI is InChI=1S/3C14H16P.BO3/c3*1-15(2,13-9-5-3-6-10-13)14-11-7-4-8-12-14;2-1(3)4/h3*3-12H,1-2H3;/q3*+1;-3. The second-order valence-corrected chi connectivity index (χ2v) is 24.5. The van der Waals surface area contributed by atoms with Crippen molar-refractivity contribution in [2.45, 2.75) is 0 Å². The summed E-state index contributed by atoms with van der Waals surface area (Å²) in [6, 6.07) is 64.8. The van der Waals surface area contributed by atoms with Crippen LogP contribution in [0.4, 0.5) is 0 Å². The van der Waals surface area contributed by atoms with Crippen molar-refractivity contribution in [3.05, 3.63) is 182 Å². The van der Waals surface area contributed by atoms with E-state index in [1.165, 1.54) is 31.8 Å². The van der Waals surface area contributed by atoms with Crippen LogP contribution in [0.25, 0.3) is 0 Å². The number of benzene rings is 6. The monoisotopic (exact) mass is 704 g/mol. The van der Waals surface area contributed by atoms with Gasteiger partial charge in [-0.2, -0.15) is 0 Å². The molecule has 0 atom stereocenters.